The van der Waals surface area contributed by atoms with E-state index in [9.17, 15) is 4.79 Å². The van der Waals surface area contributed by atoms with E-state index in [0.29, 0.717) is 17.3 Å². The maximum Gasteiger partial charge on any atom is 0.150 e. The van der Waals surface area contributed by atoms with Crippen molar-refractivity contribution in [2.24, 2.45) is 11.3 Å². The van der Waals surface area contributed by atoms with Crippen molar-refractivity contribution < 1.29 is 4.79 Å². The molecule has 6 nitrogen and oxygen atoms in total. The fourth-order valence-electron chi connectivity index (χ4n) is 7.57. The third kappa shape index (κ3) is 6.69. The maximum absolute atomic E-state index is 12.3. The predicted molar refractivity (Wildman–Crippen MR) is 196 cm³/mol. The Morgan fingerprint density at radius 3 is 2.26 bits per heavy atom. The van der Waals surface area contributed by atoms with Gasteiger partial charge in [0.15, 0.2) is 0 Å². The first-order valence-corrected chi connectivity index (χ1v) is 17.8. The molecule has 7 rings (SSSR count). The summed E-state index contributed by atoms with van der Waals surface area (Å²) >= 11 is 0. The summed E-state index contributed by atoms with van der Waals surface area (Å²) in [5, 5.41) is 3.59. The standard InChI is InChI=1S/C34H39N5O.C5H12.C2H6/c1-20-15-25(18-36-32(20)34(35-3)14-13-21(34)2)23-11-12-27-28(16-23)39-29(17-30(38(4)5)33(39)37-27)31-24(19-40)7-6-8-26(31)22-9-10-22;1-5(2,3)4;1-2/h6-8,11-12,15-16,18-19,21-22,29-30,35H,9-10,13-14,17H2,1-5H3;1-4H3;1-2H3. The first kappa shape index (κ1) is 35.0. The molecule has 3 heterocycles. The van der Waals surface area contributed by atoms with Gasteiger partial charge in [-0.3, -0.25) is 14.7 Å². The first-order chi connectivity index (χ1) is 22.4. The molecule has 2 saturated carbocycles. The molecule has 2 aromatic heterocycles. The third-order valence-corrected chi connectivity index (χ3v) is 10.1. The van der Waals surface area contributed by atoms with Gasteiger partial charge in [0.05, 0.1) is 34.3 Å². The van der Waals surface area contributed by atoms with Crippen molar-refractivity contribution in [2.45, 2.75) is 111 Å². The number of benzene rings is 2. The fourth-order valence-corrected chi connectivity index (χ4v) is 7.57. The minimum Gasteiger partial charge on any atom is -0.319 e. The van der Waals surface area contributed by atoms with E-state index in [-0.39, 0.29) is 17.6 Å². The summed E-state index contributed by atoms with van der Waals surface area (Å²) in [5.41, 5.74) is 10.7. The number of pyridine rings is 1. The van der Waals surface area contributed by atoms with Crippen molar-refractivity contribution in [3.63, 3.8) is 0 Å². The first-order valence-electron chi connectivity index (χ1n) is 17.8. The molecular formula is C41H57N5O. The highest BCUT2D eigenvalue weighted by Gasteiger charge is 2.46. The summed E-state index contributed by atoms with van der Waals surface area (Å²) in [6, 6.07) is 15.5. The molecule has 0 bridgehead atoms. The molecule has 3 aliphatic rings. The molecule has 2 fully saturated rings. The number of aryl methyl sites for hydroxylation is 1. The predicted octanol–water partition coefficient (Wildman–Crippen LogP) is 9.62. The van der Waals surface area contributed by atoms with E-state index in [1.165, 1.54) is 41.6 Å². The summed E-state index contributed by atoms with van der Waals surface area (Å²) in [6.45, 7) is 17.3. The summed E-state index contributed by atoms with van der Waals surface area (Å²) in [7, 11) is 6.33. The van der Waals surface area contributed by atoms with Crippen LogP contribution in [0.2, 0.25) is 0 Å². The number of rotatable bonds is 7. The van der Waals surface area contributed by atoms with E-state index in [0.717, 1.165) is 52.7 Å². The number of hydrogen-bond donors (Lipinski definition) is 1. The van der Waals surface area contributed by atoms with Gasteiger partial charge in [-0.2, -0.15) is 0 Å². The lowest BCUT2D eigenvalue weighted by molar-refractivity contribution is 0.0992. The fraction of sp³-hybridized carbons (Fsp3) is 0.537. The molecule has 4 aromatic rings. The van der Waals surface area contributed by atoms with Crippen LogP contribution in [0.15, 0.2) is 48.7 Å². The van der Waals surface area contributed by atoms with Crippen molar-refractivity contribution >= 4 is 17.3 Å². The number of hydrogen-bond acceptors (Lipinski definition) is 5. The average molecular weight is 636 g/mol. The van der Waals surface area contributed by atoms with E-state index in [1.54, 1.807) is 0 Å². The van der Waals surface area contributed by atoms with E-state index >= 15 is 0 Å². The lowest BCUT2D eigenvalue weighted by Crippen LogP contribution is -2.53. The van der Waals surface area contributed by atoms with Gasteiger partial charge in [0.1, 0.15) is 12.1 Å². The van der Waals surface area contributed by atoms with Crippen LogP contribution in [0.25, 0.3) is 22.2 Å². The van der Waals surface area contributed by atoms with Crippen molar-refractivity contribution in [1.82, 2.24) is 24.8 Å². The Morgan fingerprint density at radius 1 is 1.02 bits per heavy atom. The van der Waals surface area contributed by atoms with Gasteiger partial charge in [-0.05, 0) is 118 Å². The van der Waals surface area contributed by atoms with Crippen LogP contribution in [0.3, 0.4) is 0 Å². The number of imidazole rings is 1. The largest absolute Gasteiger partial charge is 0.319 e. The summed E-state index contributed by atoms with van der Waals surface area (Å²) < 4.78 is 2.43. The van der Waals surface area contributed by atoms with Gasteiger partial charge in [0.25, 0.3) is 0 Å². The monoisotopic (exact) mass is 635 g/mol. The third-order valence-electron chi connectivity index (χ3n) is 10.1. The topological polar surface area (TPSA) is 63.1 Å². The molecule has 0 radical (unpaired) electrons. The second-order valence-corrected chi connectivity index (χ2v) is 15.6. The van der Waals surface area contributed by atoms with Gasteiger partial charge in [-0.15, -0.1) is 0 Å². The number of nitrogens with zero attached hydrogens (tertiary/aromatic N) is 4. The van der Waals surface area contributed by atoms with E-state index in [2.05, 4.69) is 108 Å². The van der Waals surface area contributed by atoms with Crippen LogP contribution in [0.1, 0.15) is 137 Å². The number of nitrogens with one attached hydrogen (secondary N) is 1. The molecule has 1 aliphatic heterocycles. The zero-order valence-electron chi connectivity index (χ0n) is 30.7. The Bertz CT molecular complexity index is 1720. The molecule has 2 aliphatic carbocycles. The number of aromatic nitrogens is 3. The van der Waals surface area contributed by atoms with Crippen LogP contribution in [0, 0.1) is 18.3 Å². The van der Waals surface area contributed by atoms with Gasteiger partial charge in [-0.1, -0.05) is 72.7 Å². The van der Waals surface area contributed by atoms with Crippen LogP contribution >= 0.6 is 0 Å². The highest BCUT2D eigenvalue weighted by atomic mass is 16.1. The molecule has 252 valence electrons. The van der Waals surface area contributed by atoms with Gasteiger partial charge in [0.2, 0.25) is 0 Å². The Hall–Kier alpha value is -3.35. The van der Waals surface area contributed by atoms with Gasteiger partial charge >= 0.3 is 0 Å². The Morgan fingerprint density at radius 2 is 1.72 bits per heavy atom. The highest BCUT2D eigenvalue weighted by molar-refractivity contribution is 5.84. The molecule has 47 heavy (non-hydrogen) atoms. The molecule has 0 saturated heterocycles. The maximum atomic E-state index is 12.3. The molecule has 4 atom stereocenters. The number of carbonyl (C=O) groups excluding carboxylic acids is 1. The van der Waals surface area contributed by atoms with E-state index in [4.69, 9.17) is 9.97 Å². The number of fused-ring (bicyclic) bond motifs is 3. The van der Waals surface area contributed by atoms with Gasteiger partial charge < -0.3 is 9.88 Å². The minimum absolute atomic E-state index is 0.0154. The molecule has 1 N–H and O–H groups in total. The van der Waals surface area contributed by atoms with Crippen LogP contribution in [0.4, 0.5) is 0 Å². The molecule has 4 unspecified atom stereocenters. The average Bonchev–Trinajstić information content (AvgIpc) is 3.72. The summed E-state index contributed by atoms with van der Waals surface area (Å²) in [4.78, 5) is 24.8. The Labute approximate surface area is 283 Å². The number of aldehydes is 1. The zero-order valence-corrected chi connectivity index (χ0v) is 30.7. The molecular weight excluding hydrogens is 578 g/mol. The second kappa shape index (κ2) is 13.6. The van der Waals surface area contributed by atoms with Crippen LogP contribution in [0.5, 0.6) is 0 Å². The van der Waals surface area contributed by atoms with Gasteiger partial charge in [-0.25, -0.2) is 4.98 Å². The lowest BCUT2D eigenvalue weighted by Gasteiger charge is -2.48. The normalized spacial score (nSPS) is 23.4. The van der Waals surface area contributed by atoms with Crippen molar-refractivity contribution in [2.75, 3.05) is 21.1 Å². The van der Waals surface area contributed by atoms with E-state index in [1.807, 2.05) is 32.2 Å². The minimum atomic E-state index is -0.0154. The van der Waals surface area contributed by atoms with Crippen LogP contribution in [-0.4, -0.2) is 46.9 Å². The zero-order chi connectivity index (χ0) is 34.3. The van der Waals surface area contributed by atoms with E-state index < -0.39 is 0 Å². The van der Waals surface area contributed by atoms with Crippen molar-refractivity contribution in [3.8, 4) is 11.1 Å². The molecule has 0 spiro atoms. The van der Waals surface area contributed by atoms with Crippen molar-refractivity contribution in [1.29, 1.82) is 0 Å². The molecule has 2 aromatic carbocycles. The second-order valence-electron chi connectivity index (χ2n) is 15.6. The SMILES string of the molecule is CC.CC(C)(C)C.CNC1(c2ncc(-c3ccc4nc5n(c4c3)C(c3c(C=O)cccc3C3CC3)CC5N(C)C)cc2C)CCC1C. The highest BCUT2D eigenvalue weighted by Crippen LogP contribution is 2.50. The van der Waals surface area contributed by atoms with Crippen LogP contribution < -0.4 is 5.32 Å². The summed E-state index contributed by atoms with van der Waals surface area (Å²) in [6.07, 6.45) is 8.78. The lowest BCUT2D eigenvalue weighted by atomic mass is 9.64. The van der Waals surface area contributed by atoms with Crippen LogP contribution in [-0.2, 0) is 5.54 Å². The summed E-state index contributed by atoms with van der Waals surface area (Å²) in [5.74, 6) is 2.23. The molecule has 0 amide bonds. The quantitative estimate of drug-likeness (QED) is 0.205. The molecule has 6 heteroatoms. The number of carbonyl (C=O) groups is 1. The Balaban J connectivity index is 0.000000569. The smallest absolute Gasteiger partial charge is 0.150 e. The van der Waals surface area contributed by atoms with Gasteiger partial charge in [0, 0.05) is 17.3 Å². The van der Waals surface area contributed by atoms with Crippen molar-refractivity contribution in [3.05, 3.63) is 82.4 Å². The Kier molecular flexibility index (Phi) is 10.1.